The van der Waals surface area contributed by atoms with Crippen molar-refractivity contribution in [2.75, 3.05) is 0 Å². The van der Waals surface area contributed by atoms with Crippen molar-refractivity contribution in [3.05, 3.63) is 35.4 Å². The fraction of sp³-hybridized carbons (Fsp3) is 0.500. The fourth-order valence-corrected chi connectivity index (χ4v) is 1.49. The Morgan fingerprint density at radius 3 is 2.50 bits per heavy atom. The molecule has 78 valence electrons. The Kier molecular flexibility index (Phi) is 4.11. The first-order valence-corrected chi connectivity index (χ1v) is 5.05. The fourth-order valence-electron chi connectivity index (χ4n) is 1.49. The van der Waals surface area contributed by atoms with E-state index in [0.717, 1.165) is 5.56 Å². The molecular weight excluding hydrogens is 176 g/mol. The van der Waals surface area contributed by atoms with Crippen LogP contribution in [-0.4, -0.2) is 22.4 Å². The second-order valence-corrected chi connectivity index (χ2v) is 3.74. The standard InChI is InChI=1S/C12H18O2/c1-3-11(13)12(14)8-10-6-4-5-9(2)7-10/h4-7,11-14H,3,8H2,1-2H3. The van der Waals surface area contributed by atoms with Gasteiger partial charge in [-0.3, -0.25) is 0 Å². The summed E-state index contributed by atoms with van der Waals surface area (Å²) < 4.78 is 0. The summed E-state index contributed by atoms with van der Waals surface area (Å²) in [5, 5.41) is 19.0. The predicted molar refractivity (Wildman–Crippen MR) is 57.2 cm³/mol. The van der Waals surface area contributed by atoms with Crippen LogP contribution in [-0.2, 0) is 6.42 Å². The number of rotatable bonds is 4. The summed E-state index contributed by atoms with van der Waals surface area (Å²) in [7, 11) is 0. The Hall–Kier alpha value is -0.860. The summed E-state index contributed by atoms with van der Waals surface area (Å²) in [5.74, 6) is 0. The number of aliphatic hydroxyl groups is 2. The van der Waals surface area contributed by atoms with Crippen LogP contribution in [0.4, 0.5) is 0 Å². The molecule has 1 aromatic carbocycles. The van der Waals surface area contributed by atoms with Gasteiger partial charge < -0.3 is 10.2 Å². The van der Waals surface area contributed by atoms with Crippen LogP contribution in [0.1, 0.15) is 24.5 Å². The lowest BCUT2D eigenvalue weighted by atomic mass is 10.0. The van der Waals surface area contributed by atoms with Crippen molar-refractivity contribution in [2.45, 2.75) is 38.9 Å². The molecule has 0 spiro atoms. The van der Waals surface area contributed by atoms with Crippen molar-refractivity contribution in [1.82, 2.24) is 0 Å². The van der Waals surface area contributed by atoms with Crippen LogP contribution in [0.5, 0.6) is 0 Å². The van der Waals surface area contributed by atoms with E-state index in [1.807, 2.05) is 38.1 Å². The summed E-state index contributed by atoms with van der Waals surface area (Å²) in [4.78, 5) is 0. The second-order valence-electron chi connectivity index (χ2n) is 3.74. The molecule has 0 aromatic heterocycles. The molecule has 1 aromatic rings. The molecule has 2 N–H and O–H groups in total. The molecule has 0 saturated carbocycles. The van der Waals surface area contributed by atoms with Gasteiger partial charge in [-0.1, -0.05) is 36.8 Å². The molecule has 0 fully saturated rings. The molecule has 14 heavy (non-hydrogen) atoms. The quantitative estimate of drug-likeness (QED) is 0.765. The molecule has 0 aliphatic heterocycles. The predicted octanol–water partition coefficient (Wildman–Crippen LogP) is 1.67. The SMILES string of the molecule is CCC(O)C(O)Cc1cccc(C)c1. The lowest BCUT2D eigenvalue weighted by Crippen LogP contribution is -2.27. The Bertz CT molecular complexity index is 283. The maximum absolute atomic E-state index is 9.61. The molecule has 0 radical (unpaired) electrons. The maximum Gasteiger partial charge on any atom is 0.0839 e. The minimum absolute atomic E-state index is 0.524. The molecule has 2 atom stereocenters. The average Bonchev–Trinajstić information content (AvgIpc) is 2.16. The van der Waals surface area contributed by atoms with Gasteiger partial charge in [-0.15, -0.1) is 0 Å². The highest BCUT2D eigenvalue weighted by Gasteiger charge is 2.14. The van der Waals surface area contributed by atoms with E-state index in [9.17, 15) is 10.2 Å². The molecule has 0 bridgehead atoms. The average molecular weight is 194 g/mol. The van der Waals surface area contributed by atoms with Crippen molar-refractivity contribution < 1.29 is 10.2 Å². The number of hydrogen-bond donors (Lipinski definition) is 2. The van der Waals surface area contributed by atoms with Gasteiger partial charge in [0.05, 0.1) is 12.2 Å². The Morgan fingerprint density at radius 2 is 1.93 bits per heavy atom. The minimum atomic E-state index is -0.651. The van der Waals surface area contributed by atoms with Crippen LogP contribution < -0.4 is 0 Å². The number of benzene rings is 1. The van der Waals surface area contributed by atoms with Crippen LogP contribution in [0.25, 0.3) is 0 Å². The lowest BCUT2D eigenvalue weighted by Gasteiger charge is -2.16. The monoisotopic (exact) mass is 194 g/mol. The van der Waals surface area contributed by atoms with Crippen LogP contribution in [0.15, 0.2) is 24.3 Å². The van der Waals surface area contributed by atoms with E-state index in [1.165, 1.54) is 5.56 Å². The van der Waals surface area contributed by atoms with Crippen LogP contribution >= 0.6 is 0 Å². The van der Waals surface area contributed by atoms with Crippen molar-refractivity contribution in [3.63, 3.8) is 0 Å². The highest BCUT2D eigenvalue weighted by Crippen LogP contribution is 2.10. The molecule has 0 aliphatic carbocycles. The van der Waals surface area contributed by atoms with Crippen molar-refractivity contribution in [1.29, 1.82) is 0 Å². The zero-order valence-electron chi connectivity index (χ0n) is 8.77. The van der Waals surface area contributed by atoms with E-state index in [4.69, 9.17) is 0 Å². The van der Waals surface area contributed by atoms with Crippen molar-refractivity contribution in [2.24, 2.45) is 0 Å². The van der Waals surface area contributed by atoms with Gasteiger partial charge in [0.2, 0.25) is 0 Å². The highest BCUT2D eigenvalue weighted by molar-refractivity contribution is 5.22. The molecule has 0 amide bonds. The number of aryl methyl sites for hydroxylation is 1. The van der Waals surface area contributed by atoms with Gasteiger partial charge in [0.15, 0.2) is 0 Å². The van der Waals surface area contributed by atoms with Gasteiger partial charge in [0.1, 0.15) is 0 Å². The zero-order chi connectivity index (χ0) is 10.6. The number of hydrogen-bond acceptors (Lipinski definition) is 2. The molecule has 0 heterocycles. The summed E-state index contributed by atoms with van der Waals surface area (Å²) in [6.45, 7) is 3.89. The third-order valence-electron chi connectivity index (χ3n) is 2.39. The largest absolute Gasteiger partial charge is 0.390 e. The molecule has 2 heteroatoms. The molecule has 2 unspecified atom stereocenters. The van der Waals surface area contributed by atoms with Crippen LogP contribution in [0.2, 0.25) is 0 Å². The van der Waals surface area contributed by atoms with Crippen molar-refractivity contribution in [3.8, 4) is 0 Å². The second kappa shape index (κ2) is 5.13. The van der Waals surface area contributed by atoms with Crippen molar-refractivity contribution >= 4 is 0 Å². The summed E-state index contributed by atoms with van der Waals surface area (Å²) in [6, 6.07) is 7.99. The number of aliphatic hydroxyl groups excluding tert-OH is 2. The third-order valence-corrected chi connectivity index (χ3v) is 2.39. The molecule has 0 aliphatic rings. The van der Waals surface area contributed by atoms with Gasteiger partial charge >= 0.3 is 0 Å². The van der Waals surface area contributed by atoms with E-state index in [-0.39, 0.29) is 0 Å². The van der Waals surface area contributed by atoms with E-state index < -0.39 is 12.2 Å². The zero-order valence-corrected chi connectivity index (χ0v) is 8.77. The third kappa shape index (κ3) is 3.13. The first-order valence-electron chi connectivity index (χ1n) is 5.05. The van der Waals surface area contributed by atoms with Gasteiger partial charge in [-0.05, 0) is 18.9 Å². The van der Waals surface area contributed by atoms with Gasteiger partial charge in [0.25, 0.3) is 0 Å². The molecule has 0 saturated heterocycles. The molecule has 1 rings (SSSR count). The van der Waals surface area contributed by atoms with E-state index in [2.05, 4.69) is 0 Å². The topological polar surface area (TPSA) is 40.5 Å². The van der Waals surface area contributed by atoms with Gasteiger partial charge in [-0.2, -0.15) is 0 Å². The molecular formula is C12H18O2. The van der Waals surface area contributed by atoms with Gasteiger partial charge in [-0.25, -0.2) is 0 Å². The Morgan fingerprint density at radius 1 is 1.21 bits per heavy atom. The summed E-state index contributed by atoms with van der Waals surface area (Å²) >= 11 is 0. The minimum Gasteiger partial charge on any atom is -0.390 e. The first-order chi connectivity index (χ1) is 6.63. The van der Waals surface area contributed by atoms with Gasteiger partial charge in [0, 0.05) is 6.42 Å². The first kappa shape index (κ1) is 11.2. The van der Waals surface area contributed by atoms with E-state index >= 15 is 0 Å². The van der Waals surface area contributed by atoms with Crippen LogP contribution in [0, 0.1) is 6.92 Å². The highest BCUT2D eigenvalue weighted by atomic mass is 16.3. The normalized spacial score (nSPS) is 15.1. The van der Waals surface area contributed by atoms with E-state index in [1.54, 1.807) is 0 Å². The Balaban J connectivity index is 2.60. The lowest BCUT2D eigenvalue weighted by molar-refractivity contribution is 0.0181. The summed E-state index contributed by atoms with van der Waals surface area (Å²) in [6.07, 6.45) is -0.152. The summed E-state index contributed by atoms with van der Waals surface area (Å²) in [5.41, 5.74) is 2.26. The van der Waals surface area contributed by atoms with Crippen LogP contribution in [0.3, 0.4) is 0 Å². The Labute approximate surface area is 85.2 Å². The maximum atomic E-state index is 9.61. The molecule has 2 nitrogen and oxygen atoms in total. The van der Waals surface area contributed by atoms with E-state index in [0.29, 0.717) is 12.8 Å². The smallest absolute Gasteiger partial charge is 0.0839 e.